The number of fused-ring (bicyclic) bond motifs is 1. The molecule has 2 aromatic rings. The summed E-state index contributed by atoms with van der Waals surface area (Å²) in [7, 11) is 0. The molecule has 1 aliphatic carbocycles. The number of nitrogens with one attached hydrogen (secondary N) is 1. The molecule has 0 saturated carbocycles. The van der Waals surface area contributed by atoms with Gasteiger partial charge < -0.3 is 15.0 Å². The van der Waals surface area contributed by atoms with Crippen molar-refractivity contribution in [2.45, 2.75) is 44.9 Å². The van der Waals surface area contributed by atoms with E-state index in [-0.39, 0.29) is 11.9 Å². The molecule has 4 atom stereocenters. The van der Waals surface area contributed by atoms with Gasteiger partial charge in [0.25, 0.3) is 0 Å². The van der Waals surface area contributed by atoms with Crippen molar-refractivity contribution < 1.29 is 9.90 Å². The average molecular weight is 351 g/mol. The van der Waals surface area contributed by atoms with E-state index in [4.69, 9.17) is 0 Å². The van der Waals surface area contributed by atoms with Crippen molar-refractivity contribution >= 4 is 5.91 Å². The molecular weight excluding hydrogens is 326 g/mol. The third-order valence-corrected chi connectivity index (χ3v) is 5.38. The largest absolute Gasteiger partial charge is 0.393 e. The second kappa shape index (κ2) is 7.08. The van der Waals surface area contributed by atoms with Crippen LogP contribution in [0, 0.1) is 11.8 Å². The molecule has 26 heavy (non-hydrogen) atoms. The van der Waals surface area contributed by atoms with Gasteiger partial charge in [-0.25, -0.2) is 4.98 Å². The van der Waals surface area contributed by atoms with Crippen LogP contribution in [0.5, 0.6) is 0 Å². The van der Waals surface area contributed by atoms with E-state index in [1.807, 2.05) is 31.5 Å². The number of nitrogens with zero attached hydrogens (tertiary/aromatic N) is 2. The number of rotatable bonds is 5. The van der Waals surface area contributed by atoms with Crippen molar-refractivity contribution in [1.82, 2.24) is 14.9 Å². The molecule has 1 aliphatic heterocycles. The highest BCUT2D eigenvalue weighted by atomic mass is 16.3. The van der Waals surface area contributed by atoms with Crippen LogP contribution in [-0.2, 0) is 17.8 Å². The Morgan fingerprint density at radius 2 is 2.12 bits per heavy atom. The molecule has 1 amide bonds. The number of imidazole rings is 1. The van der Waals surface area contributed by atoms with Gasteiger partial charge in [-0.3, -0.25) is 4.79 Å². The zero-order valence-corrected chi connectivity index (χ0v) is 15.0. The summed E-state index contributed by atoms with van der Waals surface area (Å²) in [6.07, 6.45) is 8.05. The zero-order valence-electron chi connectivity index (χ0n) is 15.0. The predicted molar refractivity (Wildman–Crippen MR) is 100 cm³/mol. The zero-order chi connectivity index (χ0) is 18.1. The number of hydrogen-bond donors (Lipinski definition) is 2. The SMILES string of the molecule is CC(O)Cc1c(-c2ccccc2)ncn1CC1C=C[C@@H]2CC(=O)NC2C1. The van der Waals surface area contributed by atoms with Gasteiger partial charge >= 0.3 is 0 Å². The van der Waals surface area contributed by atoms with E-state index in [9.17, 15) is 9.90 Å². The van der Waals surface area contributed by atoms with Crippen LogP contribution in [0.2, 0.25) is 0 Å². The smallest absolute Gasteiger partial charge is 0.220 e. The number of hydrogen-bond acceptors (Lipinski definition) is 3. The Hall–Kier alpha value is -2.40. The van der Waals surface area contributed by atoms with E-state index >= 15 is 0 Å². The number of aliphatic hydroxyl groups excluding tert-OH is 1. The van der Waals surface area contributed by atoms with Gasteiger partial charge in [0.1, 0.15) is 0 Å². The van der Waals surface area contributed by atoms with E-state index in [0.29, 0.717) is 24.7 Å². The Balaban J connectivity index is 1.58. The van der Waals surface area contributed by atoms with Crippen LogP contribution in [0.25, 0.3) is 11.3 Å². The number of carbonyl (C=O) groups is 1. The molecule has 5 heteroatoms. The fourth-order valence-corrected chi connectivity index (χ4v) is 4.15. The summed E-state index contributed by atoms with van der Waals surface area (Å²) in [6, 6.07) is 10.4. The van der Waals surface area contributed by atoms with Gasteiger partial charge in [-0.05, 0) is 19.3 Å². The van der Waals surface area contributed by atoms with Crippen LogP contribution in [-0.4, -0.2) is 32.7 Å². The maximum atomic E-state index is 11.6. The first-order valence-electron chi connectivity index (χ1n) is 9.35. The lowest BCUT2D eigenvalue weighted by Crippen LogP contribution is -2.33. The highest BCUT2D eigenvalue weighted by Crippen LogP contribution is 2.31. The Morgan fingerprint density at radius 3 is 2.88 bits per heavy atom. The van der Waals surface area contributed by atoms with E-state index in [0.717, 1.165) is 29.9 Å². The minimum absolute atomic E-state index is 0.161. The summed E-state index contributed by atoms with van der Waals surface area (Å²) < 4.78 is 2.17. The number of carbonyl (C=O) groups excluding carboxylic acids is 1. The Labute approximate surface area is 153 Å². The lowest BCUT2D eigenvalue weighted by atomic mass is 9.85. The minimum atomic E-state index is -0.423. The Bertz CT molecular complexity index is 810. The summed E-state index contributed by atoms with van der Waals surface area (Å²) in [5.74, 6) is 0.868. The van der Waals surface area contributed by atoms with Crippen molar-refractivity contribution in [3.63, 3.8) is 0 Å². The molecule has 2 aliphatic rings. The highest BCUT2D eigenvalue weighted by Gasteiger charge is 2.34. The van der Waals surface area contributed by atoms with Crippen LogP contribution in [0.15, 0.2) is 48.8 Å². The molecule has 1 aromatic heterocycles. The molecule has 1 aromatic carbocycles. The molecule has 4 rings (SSSR count). The van der Waals surface area contributed by atoms with Gasteiger partial charge in [0.2, 0.25) is 5.91 Å². The maximum absolute atomic E-state index is 11.6. The van der Waals surface area contributed by atoms with Crippen LogP contribution in [0.1, 0.15) is 25.5 Å². The van der Waals surface area contributed by atoms with E-state index in [2.05, 4.69) is 39.2 Å². The quantitative estimate of drug-likeness (QED) is 0.814. The number of allylic oxidation sites excluding steroid dienone is 1. The van der Waals surface area contributed by atoms with Crippen molar-refractivity contribution in [2.75, 3.05) is 0 Å². The van der Waals surface area contributed by atoms with Crippen LogP contribution in [0.3, 0.4) is 0 Å². The summed E-state index contributed by atoms with van der Waals surface area (Å²) in [5.41, 5.74) is 3.08. The molecule has 1 fully saturated rings. The predicted octanol–water partition coefficient (Wildman–Crippen LogP) is 2.55. The second-order valence-corrected chi connectivity index (χ2v) is 7.53. The first-order valence-corrected chi connectivity index (χ1v) is 9.35. The van der Waals surface area contributed by atoms with Gasteiger partial charge in [-0.1, -0.05) is 42.5 Å². The van der Waals surface area contributed by atoms with Crippen molar-refractivity contribution in [1.29, 1.82) is 0 Å². The van der Waals surface area contributed by atoms with Gasteiger partial charge in [-0.2, -0.15) is 0 Å². The molecule has 3 unspecified atom stereocenters. The summed E-state index contributed by atoms with van der Waals surface area (Å²) in [6.45, 7) is 2.63. The maximum Gasteiger partial charge on any atom is 0.220 e. The van der Waals surface area contributed by atoms with Crippen LogP contribution >= 0.6 is 0 Å². The molecule has 1 saturated heterocycles. The fourth-order valence-electron chi connectivity index (χ4n) is 4.15. The molecule has 136 valence electrons. The number of amides is 1. The van der Waals surface area contributed by atoms with Gasteiger partial charge in [0, 0.05) is 42.6 Å². The fraction of sp³-hybridized carbons (Fsp3) is 0.429. The van der Waals surface area contributed by atoms with Crippen molar-refractivity contribution in [2.24, 2.45) is 11.8 Å². The van der Waals surface area contributed by atoms with E-state index in [1.54, 1.807) is 0 Å². The standard InChI is InChI=1S/C21H25N3O2/c1-14(25)9-19-21(16-5-3-2-4-6-16)22-13-24(19)12-15-7-8-17-11-20(26)23-18(17)10-15/h2-8,13-15,17-18,25H,9-12H2,1H3,(H,23,26)/t14?,15?,17-,18?/m1/s1. The lowest BCUT2D eigenvalue weighted by Gasteiger charge is -2.27. The summed E-state index contributed by atoms with van der Waals surface area (Å²) in [5, 5.41) is 13.1. The molecular formula is C21H25N3O2. The van der Waals surface area contributed by atoms with E-state index < -0.39 is 6.10 Å². The monoisotopic (exact) mass is 351 g/mol. The molecule has 2 heterocycles. The Morgan fingerprint density at radius 1 is 1.31 bits per heavy atom. The van der Waals surface area contributed by atoms with E-state index in [1.165, 1.54) is 0 Å². The number of aliphatic hydroxyl groups is 1. The topological polar surface area (TPSA) is 67.2 Å². The van der Waals surface area contributed by atoms with Crippen molar-refractivity contribution in [3.8, 4) is 11.3 Å². The van der Waals surface area contributed by atoms with Gasteiger partial charge in [-0.15, -0.1) is 0 Å². The number of benzene rings is 1. The third-order valence-electron chi connectivity index (χ3n) is 5.38. The van der Waals surface area contributed by atoms with Gasteiger partial charge in [0.05, 0.1) is 18.1 Å². The lowest BCUT2D eigenvalue weighted by molar-refractivity contribution is -0.119. The summed E-state index contributed by atoms with van der Waals surface area (Å²) >= 11 is 0. The minimum Gasteiger partial charge on any atom is -0.393 e. The number of aromatic nitrogens is 2. The molecule has 0 radical (unpaired) electrons. The molecule has 2 N–H and O–H groups in total. The van der Waals surface area contributed by atoms with Crippen LogP contribution < -0.4 is 5.32 Å². The molecule has 5 nitrogen and oxygen atoms in total. The van der Waals surface area contributed by atoms with Crippen LogP contribution in [0.4, 0.5) is 0 Å². The normalized spacial score (nSPS) is 25.8. The third kappa shape index (κ3) is 3.44. The first-order chi connectivity index (χ1) is 12.6. The Kier molecular flexibility index (Phi) is 4.64. The van der Waals surface area contributed by atoms with Crippen molar-refractivity contribution in [3.05, 3.63) is 54.5 Å². The highest BCUT2D eigenvalue weighted by molar-refractivity contribution is 5.79. The first kappa shape index (κ1) is 17.0. The van der Waals surface area contributed by atoms with Gasteiger partial charge in [0.15, 0.2) is 0 Å². The summed E-state index contributed by atoms with van der Waals surface area (Å²) in [4.78, 5) is 16.3. The molecule has 0 bridgehead atoms. The second-order valence-electron chi connectivity index (χ2n) is 7.53. The average Bonchev–Trinajstić information content (AvgIpc) is 3.18. The molecule has 0 spiro atoms.